The largest absolute Gasteiger partial charge is 0.481 e. The van der Waals surface area contributed by atoms with E-state index in [1.807, 2.05) is 11.0 Å². The first-order chi connectivity index (χ1) is 14.5. The molecule has 1 amide bonds. The Kier molecular flexibility index (Phi) is 5.86. The fourth-order valence-corrected chi connectivity index (χ4v) is 3.82. The van der Waals surface area contributed by atoms with Crippen LogP contribution in [0.5, 0.6) is 5.75 Å². The molecule has 1 unspecified atom stereocenters. The summed E-state index contributed by atoms with van der Waals surface area (Å²) in [5.74, 6) is 0.482. The zero-order valence-electron chi connectivity index (χ0n) is 17.3. The summed E-state index contributed by atoms with van der Waals surface area (Å²) in [5, 5.41) is 0.811. The monoisotopic (exact) mass is 406 g/mol. The number of benzene rings is 2. The zero-order chi connectivity index (χ0) is 21.1. The normalized spacial score (nSPS) is 15.9. The molecule has 2 heterocycles. The van der Waals surface area contributed by atoms with E-state index in [1.165, 1.54) is 17.2 Å². The molecule has 3 aromatic rings. The zero-order valence-corrected chi connectivity index (χ0v) is 17.3. The smallest absolute Gasteiger partial charge is 0.336 e. The van der Waals surface area contributed by atoms with Crippen LogP contribution in [0.3, 0.4) is 0 Å². The summed E-state index contributed by atoms with van der Waals surface area (Å²) < 4.78 is 11.0. The van der Waals surface area contributed by atoms with Crippen molar-refractivity contribution in [3.63, 3.8) is 0 Å². The average molecular weight is 406 g/mol. The van der Waals surface area contributed by atoms with Crippen molar-refractivity contribution in [1.29, 1.82) is 0 Å². The molecule has 1 atom stereocenters. The number of hydrogen-bond donors (Lipinski definition) is 0. The fourth-order valence-electron chi connectivity index (χ4n) is 3.82. The Morgan fingerprint density at radius 3 is 2.60 bits per heavy atom. The van der Waals surface area contributed by atoms with Crippen molar-refractivity contribution in [3.8, 4) is 5.75 Å². The first-order valence-corrected chi connectivity index (χ1v) is 10.3. The summed E-state index contributed by atoms with van der Waals surface area (Å²) in [4.78, 5) is 28.5. The Labute approximate surface area is 175 Å². The minimum Gasteiger partial charge on any atom is -0.481 e. The predicted octanol–water partition coefficient (Wildman–Crippen LogP) is 3.21. The number of piperazine rings is 1. The predicted molar refractivity (Wildman–Crippen MR) is 116 cm³/mol. The second kappa shape index (κ2) is 8.71. The number of aryl methyl sites for hydroxylation is 1. The maximum absolute atomic E-state index is 12.8. The van der Waals surface area contributed by atoms with Gasteiger partial charge in [-0.1, -0.05) is 29.8 Å². The number of ether oxygens (including phenoxy) is 1. The van der Waals surface area contributed by atoms with Crippen molar-refractivity contribution in [1.82, 2.24) is 9.80 Å². The summed E-state index contributed by atoms with van der Waals surface area (Å²) in [6.07, 6.45) is -0.610. The first kappa shape index (κ1) is 20.2. The molecule has 4 rings (SSSR count). The van der Waals surface area contributed by atoms with Crippen LogP contribution in [0, 0.1) is 6.92 Å². The van der Waals surface area contributed by atoms with Crippen molar-refractivity contribution in [2.75, 3.05) is 26.2 Å². The van der Waals surface area contributed by atoms with Crippen LogP contribution in [0.4, 0.5) is 0 Å². The molecule has 0 N–H and O–H groups in total. The lowest BCUT2D eigenvalue weighted by molar-refractivity contribution is -0.139. The van der Waals surface area contributed by atoms with Gasteiger partial charge < -0.3 is 14.1 Å². The fraction of sp³-hybridized carbons (Fsp3) is 0.333. The van der Waals surface area contributed by atoms with Gasteiger partial charge in [0.1, 0.15) is 11.3 Å². The van der Waals surface area contributed by atoms with Gasteiger partial charge in [-0.15, -0.1) is 0 Å². The highest BCUT2D eigenvalue weighted by Crippen LogP contribution is 2.21. The van der Waals surface area contributed by atoms with E-state index in [9.17, 15) is 9.59 Å². The Morgan fingerprint density at radius 2 is 1.83 bits per heavy atom. The Morgan fingerprint density at radius 1 is 1.07 bits per heavy atom. The van der Waals surface area contributed by atoms with E-state index >= 15 is 0 Å². The maximum Gasteiger partial charge on any atom is 0.336 e. The van der Waals surface area contributed by atoms with Crippen LogP contribution >= 0.6 is 0 Å². The topological polar surface area (TPSA) is 63.0 Å². The third-order valence-electron chi connectivity index (χ3n) is 5.43. The maximum atomic E-state index is 12.8. The molecular weight excluding hydrogens is 380 g/mol. The highest BCUT2D eigenvalue weighted by atomic mass is 16.5. The Bertz CT molecular complexity index is 1100. The van der Waals surface area contributed by atoms with Crippen molar-refractivity contribution >= 4 is 16.9 Å². The lowest BCUT2D eigenvalue weighted by Crippen LogP contribution is -2.51. The summed E-state index contributed by atoms with van der Waals surface area (Å²) in [6.45, 7) is 7.81. The van der Waals surface area contributed by atoms with Crippen LogP contribution in [-0.2, 0) is 11.3 Å². The molecule has 30 heavy (non-hydrogen) atoms. The van der Waals surface area contributed by atoms with Gasteiger partial charge in [0, 0.05) is 50.2 Å². The Balaban J connectivity index is 1.33. The quantitative estimate of drug-likeness (QED) is 0.609. The number of rotatable bonds is 5. The SMILES string of the molecule is Cc1cccc(CN2CCN(C(=O)C(C)Oc3ccc4ccc(=O)oc4c3)CC2)c1. The molecule has 1 fully saturated rings. The average Bonchev–Trinajstić information content (AvgIpc) is 2.73. The molecule has 1 aliphatic heterocycles. The van der Waals surface area contributed by atoms with Gasteiger partial charge >= 0.3 is 5.63 Å². The van der Waals surface area contributed by atoms with Gasteiger partial charge in [-0.3, -0.25) is 9.69 Å². The second-order valence-corrected chi connectivity index (χ2v) is 7.80. The minimum absolute atomic E-state index is 0.0279. The lowest BCUT2D eigenvalue weighted by atomic mass is 10.1. The van der Waals surface area contributed by atoms with Gasteiger partial charge in [0.25, 0.3) is 5.91 Å². The first-order valence-electron chi connectivity index (χ1n) is 10.3. The summed E-state index contributed by atoms with van der Waals surface area (Å²) in [6, 6.07) is 16.9. The number of carbonyl (C=O) groups is 1. The molecule has 1 aliphatic rings. The van der Waals surface area contributed by atoms with Gasteiger partial charge in [0.05, 0.1) is 0 Å². The lowest BCUT2D eigenvalue weighted by Gasteiger charge is -2.36. The van der Waals surface area contributed by atoms with Crippen LogP contribution in [0.15, 0.2) is 63.8 Å². The third-order valence-corrected chi connectivity index (χ3v) is 5.43. The number of nitrogens with zero attached hydrogens (tertiary/aromatic N) is 2. The van der Waals surface area contributed by atoms with Crippen molar-refractivity contribution < 1.29 is 13.9 Å². The number of carbonyl (C=O) groups excluding carboxylic acids is 1. The molecule has 0 spiro atoms. The number of fused-ring (bicyclic) bond motifs is 1. The highest BCUT2D eigenvalue weighted by molar-refractivity contribution is 5.81. The van der Waals surface area contributed by atoms with Crippen LogP contribution in [0.2, 0.25) is 0 Å². The standard InChI is InChI=1S/C24H26N2O4/c1-17-4-3-5-19(14-17)16-25-10-12-26(13-11-25)24(28)18(2)29-21-8-6-20-7-9-23(27)30-22(20)15-21/h3-9,14-15,18H,10-13,16H2,1-2H3. The van der Waals surface area contributed by atoms with E-state index in [4.69, 9.17) is 9.15 Å². The molecule has 2 aromatic carbocycles. The molecule has 0 radical (unpaired) electrons. The molecule has 6 heteroatoms. The molecule has 1 saturated heterocycles. The number of hydrogen-bond acceptors (Lipinski definition) is 5. The van der Waals surface area contributed by atoms with E-state index in [2.05, 4.69) is 36.1 Å². The molecule has 0 aliphatic carbocycles. The van der Waals surface area contributed by atoms with Gasteiger partial charge in [-0.25, -0.2) is 4.79 Å². The molecule has 156 valence electrons. The van der Waals surface area contributed by atoms with E-state index in [-0.39, 0.29) is 5.91 Å². The molecule has 1 aromatic heterocycles. The van der Waals surface area contributed by atoms with Crippen LogP contribution in [0.25, 0.3) is 11.0 Å². The summed E-state index contributed by atoms with van der Waals surface area (Å²) in [5.41, 5.74) is 2.60. The van der Waals surface area contributed by atoms with Crippen molar-refractivity contribution in [3.05, 3.63) is 76.1 Å². The van der Waals surface area contributed by atoms with Crippen molar-refractivity contribution in [2.24, 2.45) is 0 Å². The van der Waals surface area contributed by atoms with Crippen molar-refractivity contribution in [2.45, 2.75) is 26.5 Å². The van der Waals surface area contributed by atoms with Crippen LogP contribution < -0.4 is 10.4 Å². The highest BCUT2D eigenvalue weighted by Gasteiger charge is 2.26. The van der Waals surface area contributed by atoms with Gasteiger partial charge in [-0.05, 0) is 37.6 Å². The van der Waals surface area contributed by atoms with E-state index < -0.39 is 11.7 Å². The molecular formula is C24H26N2O4. The van der Waals surface area contributed by atoms with Crippen LogP contribution in [-0.4, -0.2) is 48.0 Å². The second-order valence-electron chi connectivity index (χ2n) is 7.80. The van der Waals surface area contributed by atoms with E-state index in [0.717, 1.165) is 25.0 Å². The Hall–Kier alpha value is -3.12. The van der Waals surface area contributed by atoms with E-state index in [1.54, 1.807) is 25.1 Å². The summed E-state index contributed by atoms with van der Waals surface area (Å²) in [7, 11) is 0. The molecule has 0 saturated carbocycles. The molecule has 0 bridgehead atoms. The summed E-state index contributed by atoms with van der Waals surface area (Å²) >= 11 is 0. The number of amides is 1. The molecule has 6 nitrogen and oxygen atoms in total. The van der Waals surface area contributed by atoms with Gasteiger partial charge in [-0.2, -0.15) is 0 Å². The minimum atomic E-state index is -0.610. The van der Waals surface area contributed by atoms with Crippen LogP contribution in [0.1, 0.15) is 18.1 Å². The van der Waals surface area contributed by atoms with Gasteiger partial charge in [0.2, 0.25) is 0 Å². The third kappa shape index (κ3) is 4.71. The van der Waals surface area contributed by atoms with Gasteiger partial charge in [0.15, 0.2) is 6.10 Å². The van der Waals surface area contributed by atoms with E-state index in [0.29, 0.717) is 24.4 Å².